The summed E-state index contributed by atoms with van der Waals surface area (Å²) in [7, 11) is 0. The van der Waals surface area contributed by atoms with Crippen molar-refractivity contribution in [3.63, 3.8) is 0 Å². The van der Waals surface area contributed by atoms with E-state index in [2.05, 4.69) is 17.6 Å². The van der Waals surface area contributed by atoms with Crippen molar-refractivity contribution in [2.45, 2.75) is 51.1 Å². The van der Waals surface area contributed by atoms with Crippen LogP contribution in [0.5, 0.6) is 0 Å². The van der Waals surface area contributed by atoms with E-state index in [0.29, 0.717) is 12.6 Å². The third-order valence-corrected chi connectivity index (χ3v) is 3.92. The van der Waals surface area contributed by atoms with Gasteiger partial charge in [-0.3, -0.25) is 0 Å². The van der Waals surface area contributed by atoms with Gasteiger partial charge in [-0.25, -0.2) is 0 Å². The van der Waals surface area contributed by atoms with Crippen molar-refractivity contribution < 1.29 is 5.11 Å². The zero-order valence-electron chi connectivity index (χ0n) is 9.76. The van der Waals surface area contributed by atoms with Gasteiger partial charge in [0.05, 0.1) is 0 Å². The van der Waals surface area contributed by atoms with E-state index in [1.807, 2.05) is 0 Å². The summed E-state index contributed by atoms with van der Waals surface area (Å²) in [6.07, 6.45) is 6.28. The van der Waals surface area contributed by atoms with E-state index in [-0.39, 0.29) is 5.41 Å². The molecule has 2 aliphatic rings. The van der Waals surface area contributed by atoms with Crippen LogP contribution in [0.3, 0.4) is 0 Å². The van der Waals surface area contributed by atoms with Gasteiger partial charge in [-0.15, -0.1) is 0 Å². The first-order valence-corrected chi connectivity index (χ1v) is 6.32. The molecular weight excluding hydrogens is 188 g/mol. The quantitative estimate of drug-likeness (QED) is 0.612. The lowest BCUT2D eigenvalue weighted by Crippen LogP contribution is -2.37. The zero-order chi connectivity index (χ0) is 10.7. The van der Waals surface area contributed by atoms with Crippen LogP contribution in [0.15, 0.2) is 0 Å². The number of hydrogen-bond donors (Lipinski definition) is 3. The first kappa shape index (κ1) is 11.4. The second-order valence-corrected chi connectivity index (χ2v) is 5.47. The Bertz CT molecular complexity index is 198. The van der Waals surface area contributed by atoms with Crippen LogP contribution in [-0.2, 0) is 0 Å². The third kappa shape index (κ3) is 3.16. The van der Waals surface area contributed by atoms with Gasteiger partial charge < -0.3 is 15.7 Å². The lowest BCUT2D eigenvalue weighted by Gasteiger charge is -2.21. The molecule has 3 N–H and O–H groups in total. The second-order valence-electron chi connectivity index (χ2n) is 5.47. The van der Waals surface area contributed by atoms with Crippen LogP contribution >= 0.6 is 0 Å². The molecule has 0 spiro atoms. The van der Waals surface area contributed by atoms with Crippen LogP contribution in [-0.4, -0.2) is 36.9 Å². The molecule has 0 bridgehead atoms. The Labute approximate surface area is 92.6 Å². The molecule has 2 rings (SSSR count). The van der Waals surface area contributed by atoms with Gasteiger partial charge in [0.25, 0.3) is 0 Å². The molecule has 2 unspecified atom stereocenters. The molecule has 2 fully saturated rings. The standard InChI is InChI=1S/C12H24N2O/c1-10(7-11-3-2-6-13-11)14-8-12(9-15)4-5-12/h10-11,13-15H,2-9H2,1H3. The monoisotopic (exact) mass is 212 g/mol. The summed E-state index contributed by atoms with van der Waals surface area (Å²) < 4.78 is 0. The Kier molecular flexibility index (Phi) is 3.65. The smallest absolute Gasteiger partial charge is 0.0499 e. The van der Waals surface area contributed by atoms with E-state index in [1.54, 1.807) is 0 Å². The highest BCUT2D eigenvalue weighted by atomic mass is 16.3. The Balaban J connectivity index is 1.61. The Morgan fingerprint density at radius 1 is 1.53 bits per heavy atom. The molecule has 2 atom stereocenters. The van der Waals surface area contributed by atoms with Crippen LogP contribution in [0, 0.1) is 5.41 Å². The predicted molar refractivity (Wildman–Crippen MR) is 61.9 cm³/mol. The number of hydrogen-bond acceptors (Lipinski definition) is 3. The maximum absolute atomic E-state index is 9.20. The van der Waals surface area contributed by atoms with Crippen molar-refractivity contribution in [3.05, 3.63) is 0 Å². The summed E-state index contributed by atoms with van der Waals surface area (Å²) in [6, 6.07) is 1.29. The van der Waals surface area contributed by atoms with E-state index in [1.165, 1.54) is 38.6 Å². The molecule has 0 aromatic rings. The predicted octanol–water partition coefficient (Wildman–Crippen LogP) is 0.879. The summed E-state index contributed by atoms with van der Waals surface area (Å²) >= 11 is 0. The Morgan fingerprint density at radius 3 is 2.87 bits per heavy atom. The maximum atomic E-state index is 9.20. The van der Waals surface area contributed by atoms with E-state index in [9.17, 15) is 5.11 Å². The van der Waals surface area contributed by atoms with Crippen molar-refractivity contribution in [1.82, 2.24) is 10.6 Å². The van der Waals surface area contributed by atoms with Crippen LogP contribution in [0.2, 0.25) is 0 Å². The van der Waals surface area contributed by atoms with E-state index in [4.69, 9.17) is 0 Å². The van der Waals surface area contributed by atoms with E-state index < -0.39 is 0 Å². The zero-order valence-corrected chi connectivity index (χ0v) is 9.76. The summed E-state index contributed by atoms with van der Waals surface area (Å²) in [4.78, 5) is 0. The van der Waals surface area contributed by atoms with Gasteiger partial charge in [0.1, 0.15) is 0 Å². The summed E-state index contributed by atoms with van der Waals surface area (Å²) in [5.74, 6) is 0. The van der Waals surface area contributed by atoms with Crippen LogP contribution in [0.25, 0.3) is 0 Å². The molecule has 0 aromatic heterocycles. The normalized spacial score (nSPS) is 30.4. The van der Waals surface area contributed by atoms with Gasteiger partial charge in [0.2, 0.25) is 0 Å². The minimum Gasteiger partial charge on any atom is -0.396 e. The van der Waals surface area contributed by atoms with Crippen molar-refractivity contribution in [3.8, 4) is 0 Å². The second kappa shape index (κ2) is 4.81. The van der Waals surface area contributed by atoms with Gasteiger partial charge in [-0.1, -0.05) is 0 Å². The first-order chi connectivity index (χ1) is 7.24. The van der Waals surface area contributed by atoms with Gasteiger partial charge in [0.15, 0.2) is 0 Å². The summed E-state index contributed by atoms with van der Waals surface area (Å²) in [6.45, 7) is 4.80. The molecule has 1 aliphatic carbocycles. The van der Waals surface area contributed by atoms with Gasteiger partial charge in [0, 0.05) is 30.7 Å². The van der Waals surface area contributed by atoms with Crippen LogP contribution < -0.4 is 10.6 Å². The molecule has 3 nitrogen and oxygen atoms in total. The molecule has 1 saturated carbocycles. The lowest BCUT2D eigenvalue weighted by molar-refractivity contribution is 0.203. The van der Waals surface area contributed by atoms with Crippen molar-refractivity contribution >= 4 is 0 Å². The van der Waals surface area contributed by atoms with Crippen molar-refractivity contribution in [1.29, 1.82) is 0 Å². The lowest BCUT2D eigenvalue weighted by atomic mass is 10.0. The number of rotatable bonds is 6. The minimum atomic E-state index is 0.247. The average molecular weight is 212 g/mol. The highest BCUT2D eigenvalue weighted by molar-refractivity contribution is 4.95. The molecule has 0 amide bonds. The minimum absolute atomic E-state index is 0.247. The number of nitrogens with one attached hydrogen (secondary N) is 2. The van der Waals surface area contributed by atoms with E-state index in [0.717, 1.165) is 12.6 Å². The average Bonchev–Trinajstić information content (AvgIpc) is 2.86. The molecular formula is C12H24N2O. The van der Waals surface area contributed by atoms with E-state index >= 15 is 0 Å². The molecule has 1 aliphatic heterocycles. The van der Waals surface area contributed by atoms with Gasteiger partial charge in [-0.2, -0.15) is 0 Å². The topological polar surface area (TPSA) is 44.3 Å². The molecule has 0 radical (unpaired) electrons. The number of aliphatic hydroxyl groups is 1. The SMILES string of the molecule is CC(CC1CCCN1)NCC1(CO)CC1. The fourth-order valence-electron chi connectivity index (χ4n) is 2.43. The first-order valence-electron chi connectivity index (χ1n) is 6.32. The third-order valence-electron chi connectivity index (χ3n) is 3.92. The van der Waals surface area contributed by atoms with Crippen LogP contribution in [0.1, 0.15) is 39.0 Å². The van der Waals surface area contributed by atoms with Crippen LogP contribution in [0.4, 0.5) is 0 Å². The molecule has 1 heterocycles. The van der Waals surface area contributed by atoms with Crippen molar-refractivity contribution in [2.75, 3.05) is 19.7 Å². The Morgan fingerprint density at radius 2 is 2.33 bits per heavy atom. The molecule has 0 aromatic carbocycles. The summed E-state index contributed by atoms with van der Waals surface area (Å²) in [5, 5.41) is 16.3. The van der Waals surface area contributed by atoms with Gasteiger partial charge >= 0.3 is 0 Å². The molecule has 3 heteroatoms. The van der Waals surface area contributed by atoms with Gasteiger partial charge in [-0.05, 0) is 45.6 Å². The highest BCUT2D eigenvalue weighted by Gasteiger charge is 2.41. The fraction of sp³-hybridized carbons (Fsp3) is 1.00. The molecule has 88 valence electrons. The highest BCUT2D eigenvalue weighted by Crippen LogP contribution is 2.44. The Hall–Kier alpha value is -0.120. The maximum Gasteiger partial charge on any atom is 0.0499 e. The summed E-state index contributed by atoms with van der Waals surface area (Å²) in [5.41, 5.74) is 0.247. The van der Waals surface area contributed by atoms with Crippen molar-refractivity contribution in [2.24, 2.45) is 5.41 Å². The number of aliphatic hydroxyl groups excluding tert-OH is 1. The molecule has 1 saturated heterocycles. The molecule has 15 heavy (non-hydrogen) atoms. The largest absolute Gasteiger partial charge is 0.396 e. The fourth-order valence-corrected chi connectivity index (χ4v) is 2.43.